The van der Waals surface area contributed by atoms with Crippen LogP contribution in [-0.4, -0.2) is 31.1 Å². The Morgan fingerprint density at radius 1 is 1.29 bits per heavy atom. The first kappa shape index (κ1) is 12.5. The molecule has 1 heterocycles. The number of nitrogens with one attached hydrogen (secondary N) is 1. The third kappa shape index (κ3) is 3.05. The van der Waals surface area contributed by atoms with Gasteiger partial charge in [-0.3, -0.25) is 4.90 Å². The number of benzene rings is 1. The van der Waals surface area contributed by atoms with E-state index in [-0.39, 0.29) is 5.82 Å². The monoisotopic (exact) mass is 236 g/mol. The molecule has 0 saturated carbocycles. The van der Waals surface area contributed by atoms with Gasteiger partial charge in [0.2, 0.25) is 0 Å². The third-order valence-electron chi connectivity index (χ3n) is 3.60. The molecule has 0 radical (unpaired) electrons. The molecule has 2 nitrogen and oxygen atoms in total. The molecular weight excluding hydrogens is 215 g/mol. The summed E-state index contributed by atoms with van der Waals surface area (Å²) in [4.78, 5) is 2.42. The van der Waals surface area contributed by atoms with Crippen LogP contribution in [-0.2, 0) is 0 Å². The molecule has 2 rings (SSSR count). The maximum absolute atomic E-state index is 13.6. The van der Waals surface area contributed by atoms with Crippen LogP contribution in [0, 0.1) is 12.7 Å². The molecule has 1 aromatic rings. The minimum absolute atomic E-state index is 0.0951. The second-order valence-corrected chi connectivity index (χ2v) is 4.82. The van der Waals surface area contributed by atoms with Gasteiger partial charge in [0, 0.05) is 19.1 Å². The van der Waals surface area contributed by atoms with Gasteiger partial charge in [0.1, 0.15) is 5.82 Å². The highest BCUT2D eigenvalue weighted by Gasteiger charge is 2.17. The quantitative estimate of drug-likeness (QED) is 0.848. The van der Waals surface area contributed by atoms with Gasteiger partial charge in [-0.15, -0.1) is 0 Å². The Morgan fingerprint density at radius 2 is 2.12 bits per heavy atom. The summed E-state index contributed by atoms with van der Waals surface area (Å²) in [6.45, 7) is 8.21. The number of nitrogens with zero attached hydrogens (tertiary/aromatic N) is 1. The zero-order chi connectivity index (χ0) is 12.3. The van der Waals surface area contributed by atoms with E-state index in [1.54, 1.807) is 13.0 Å². The first-order valence-corrected chi connectivity index (χ1v) is 6.39. The molecule has 94 valence electrons. The molecule has 1 aromatic carbocycles. The van der Waals surface area contributed by atoms with Crippen molar-refractivity contribution in [2.75, 3.05) is 26.2 Å². The van der Waals surface area contributed by atoms with E-state index in [1.165, 1.54) is 6.42 Å². The zero-order valence-electron chi connectivity index (χ0n) is 10.7. The summed E-state index contributed by atoms with van der Waals surface area (Å²) in [5.41, 5.74) is 1.80. The van der Waals surface area contributed by atoms with E-state index >= 15 is 0 Å². The minimum Gasteiger partial charge on any atom is -0.315 e. The number of halogens is 1. The molecule has 0 aliphatic carbocycles. The molecule has 17 heavy (non-hydrogen) atoms. The van der Waals surface area contributed by atoms with E-state index < -0.39 is 0 Å². The van der Waals surface area contributed by atoms with Crippen LogP contribution in [0.4, 0.5) is 4.39 Å². The van der Waals surface area contributed by atoms with Crippen LogP contribution >= 0.6 is 0 Å². The van der Waals surface area contributed by atoms with Crippen LogP contribution in [0.5, 0.6) is 0 Å². The minimum atomic E-state index is -0.0951. The van der Waals surface area contributed by atoms with E-state index in [0.717, 1.165) is 37.3 Å². The molecule has 0 amide bonds. The van der Waals surface area contributed by atoms with Crippen molar-refractivity contribution in [3.05, 3.63) is 35.1 Å². The molecule has 1 N–H and O–H groups in total. The molecule has 0 spiro atoms. The number of aryl methyl sites for hydroxylation is 1. The summed E-state index contributed by atoms with van der Waals surface area (Å²) in [6, 6.07) is 5.89. The fourth-order valence-corrected chi connectivity index (χ4v) is 2.33. The SMILES string of the molecule is Cc1ccc(C(C)N2CCCNCC2)cc1F. The molecule has 1 fully saturated rings. The molecule has 0 bridgehead atoms. The Kier molecular flexibility index (Phi) is 4.13. The summed E-state index contributed by atoms with van der Waals surface area (Å²) in [6.07, 6.45) is 1.17. The fourth-order valence-electron chi connectivity index (χ4n) is 2.33. The second-order valence-electron chi connectivity index (χ2n) is 4.82. The average Bonchev–Trinajstić information content (AvgIpc) is 2.60. The molecule has 1 aliphatic heterocycles. The lowest BCUT2D eigenvalue weighted by Crippen LogP contribution is -2.30. The van der Waals surface area contributed by atoms with Crippen LogP contribution in [0.3, 0.4) is 0 Å². The molecular formula is C14H21FN2. The lowest BCUT2D eigenvalue weighted by molar-refractivity contribution is 0.225. The predicted octanol–water partition coefficient (Wildman–Crippen LogP) is 2.49. The van der Waals surface area contributed by atoms with Gasteiger partial charge in [-0.2, -0.15) is 0 Å². The maximum Gasteiger partial charge on any atom is 0.126 e. The van der Waals surface area contributed by atoms with Crippen molar-refractivity contribution in [3.63, 3.8) is 0 Å². The van der Waals surface area contributed by atoms with Gasteiger partial charge < -0.3 is 5.32 Å². The summed E-state index contributed by atoms with van der Waals surface area (Å²) in [5.74, 6) is -0.0951. The van der Waals surface area contributed by atoms with E-state index in [4.69, 9.17) is 0 Å². The van der Waals surface area contributed by atoms with Crippen molar-refractivity contribution < 1.29 is 4.39 Å². The van der Waals surface area contributed by atoms with Crippen molar-refractivity contribution in [2.45, 2.75) is 26.3 Å². The van der Waals surface area contributed by atoms with Gasteiger partial charge in [-0.1, -0.05) is 12.1 Å². The first-order chi connectivity index (χ1) is 8.18. The van der Waals surface area contributed by atoms with Crippen LogP contribution in [0.15, 0.2) is 18.2 Å². The highest BCUT2D eigenvalue weighted by molar-refractivity contribution is 5.25. The van der Waals surface area contributed by atoms with Crippen LogP contribution in [0.25, 0.3) is 0 Å². The van der Waals surface area contributed by atoms with Crippen molar-refractivity contribution in [3.8, 4) is 0 Å². The lowest BCUT2D eigenvalue weighted by atomic mass is 10.0. The summed E-state index contributed by atoms with van der Waals surface area (Å²) in [7, 11) is 0. The smallest absolute Gasteiger partial charge is 0.126 e. The molecule has 1 atom stereocenters. The van der Waals surface area contributed by atoms with Crippen molar-refractivity contribution in [2.24, 2.45) is 0 Å². The van der Waals surface area contributed by atoms with Gasteiger partial charge in [-0.05, 0) is 50.6 Å². The number of hydrogen-bond donors (Lipinski definition) is 1. The largest absolute Gasteiger partial charge is 0.315 e. The van der Waals surface area contributed by atoms with Crippen LogP contribution in [0.1, 0.15) is 30.5 Å². The molecule has 0 aromatic heterocycles. The van der Waals surface area contributed by atoms with E-state index in [1.807, 2.05) is 12.1 Å². The molecule has 1 saturated heterocycles. The van der Waals surface area contributed by atoms with E-state index in [0.29, 0.717) is 6.04 Å². The molecule has 1 unspecified atom stereocenters. The van der Waals surface area contributed by atoms with Gasteiger partial charge in [0.05, 0.1) is 0 Å². The maximum atomic E-state index is 13.6. The molecule has 3 heteroatoms. The Labute approximate surface area is 103 Å². The van der Waals surface area contributed by atoms with E-state index in [9.17, 15) is 4.39 Å². The Morgan fingerprint density at radius 3 is 2.88 bits per heavy atom. The Bertz CT molecular complexity index is 370. The summed E-state index contributed by atoms with van der Waals surface area (Å²) in [5, 5.41) is 3.39. The highest BCUT2D eigenvalue weighted by Crippen LogP contribution is 2.22. The fraction of sp³-hybridized carbons (Fsp3) is 0.571. The number of rotatable bonds is 2. The molecule has 1 aliphatic rings. The summed E-state index contributed by atoms with van der Waals surface area (Å²) < 4.78 is 13.6. The standard InChI is InChI=1S/C14H21FN2/c1-11-4-5-13(10-14(11)15)12(2)17-8-3-6-16-7-9-17/h4-5,10,12,16H,3,6-9H2,1-2H3. The zero-order valence-corrected chi connectivity index (χ0v) is 10.7. The van der Waals surface area contributed by atoms with Gasteiger partial charge in [0.15, 0.2) is 0 Å². The predicted molar refractivity (Wildman–Crippen MR) is 68.6 cm³/mol. The number of hydrogen-bond acceptors (Lipinski definition) is 2. The third-order valence-corrected chi connectivity index (χ3v) is 3.60. The normalized spacial score (nSPS) is 19.9. The van der Waals surface area contributed by atoms with Crippen molar-refractivity contribution >= 4 is 0 Å². The second kappa shape index (κ2) is 5.61. The topological polar surface area (TPSA) is 15.3 Å². The van der Waals surface area contributed by atoms with Gasteiger partial charge >= 0.3 is 0 Å². The first-order valence-electron chi connectivity index (χ1n) is 6.39. The van der Waals surface area contributed by atoms with Crippen molar-refractivity contribution in [1.29, 1.82) is 0 Å². The van der Waals surface area contributed by atoms with E-state index in [2.05, 4.69) is 17.1 Å². The lowest BCUT2D eigenvalue weighted by Gasteiger charge is -2.27. The van der Waals surface area contributed by atoms with Crippen LogP contribution in [0.2, 0.25) is 0 Å². The van der Waals surface area contributed by atoms with Crippen LogP contribution < -0.4 is 5.32 Å². The Hall–Kier alpha value is -0.930. The van der Waals surface area contributed by atoms with Gasteiger partial charge in [-0.25, -0.2) is 4.39 Å². The van der Waals surface area contributed by atoms with Gasteiger partial charge in [0.25, 0.3) is 0 Å². The summed E-state index contributed by atoms with van der Waals surface area (Å²) >= 11 is 0. The highest BCUT2D eigenvalue weighted by atomic mass is 19.1. The average molecular weight is 236 g/mol. The Balaban J connectivity index is 2.11. The van der Waals surface area contributed by atoms with Crippen molar-refractivity contribution in [1.82, 2.24) is 10.2 Å².